The van der Waals surface area contributed by atoms with Crippen molar-refractivity contribution in [2.24, 2.45) is 11.8 Å². The number of amides is 1. The molecule has 1 aromatic carbocycles. The van der Waals surface area contributed by atoms with E-state index in [4.69, 9.17) is 0 Å². The SMILES string of the molecule is CC1CC(C(=O)O)CN(C(=O)c2ccc(C(C)C)c([N+](=O)[O-])c2)C1. The number of rotatable bonds is 4. The van der Waals surface area contributed by atoms with Gasteiger partial charge in [-0.15, -0.1) is 0 Å². The zero-order valence-electron chi connectivity index (χ0n) is 14.1. The Labute approximate surface area is 140 Å². The van der Waals surface area contributed by atoms with Gasteiger partial charge in [0.25, 0.3) is 11.6 Å². The number of hydrogen-bond acceptors (Lipinski definition) is 4. The van der Waals surface area contributed by atoms with E-state index in [0.717, 1.165) is 0 Å². The van der Waals surface area contributed by atoms with Gasteiger partial charge in [0.15, 0.2) is 0 Å². The van der Waals surface area contributed by atoms with E-state index >= 15 is 0 Å². The number of nitro benzene ring substituents is 1. The number of nitro groups is 1. The lowest BCUT2D eigenvalue weighted by Gasteiger charge is -2.34. The van der Waals surface area contributed by atoms with Crippen molar-refractivity contribution in [1.29, 1.82) is 0 Å². The molecule has 24 heavy (non-hydrogen) atoms. The molecule has 1 aromatic rings. The van der Waals surface area contributed by atoms with Crippen molar-refractivity contribution in [1.82, 2.24) is 4.90 Å². The van der Waals surface area contributed by atoms with E-state index in [2.05, 4.69) is 0 Å². The smallest absolute Gasteiger partial charge is 0.308 e. The van der Waals surface area contributed by atoms with E-state index in [0.29, 0.717) is 18.5 Å². The van der Waals surface area contributed by atoms with Gasteiger partial charge in [-0.1, -0.05) is 26.8 Å². The summed E-state index contributed by atoms with van der Waals surface area (Å²) in [5.41, 5.74) is 0.729. The molecule has 7 heteroatoms. The number of benzene rings is 1. The standard InChI is InChI=1S/C17H22N2O5/c1-10(2)14-5-4-12(7-15(14)19(23)24)16(20)18-8-11(3)6-13(9-18)17(21)22/h4-5,7,10-11,13H,6,8-9H2,1-3H3,(H,21,22). The van der Waals surface area contributed by atoms with Crippen LogP contribution in [0.5, 0.6) is 0 Å². The number of piperidine rings is 1. The number of carboxylic acids is 1. The van der Waals surface area contributed by atoms with Crippen LogP contribution in [0.15, 0.2) is 18.2 Å². The minimum Gasteiger partial charge on any atom is -0.481 e. The Morgan fingerprint density at radius 2 is 2.00 bits per heavy atom. The van der Waals surface area contributed by atoms with Crippen molar-refractivity contribution in [3.05, 3.63) is 39.4 Å². The first-order chi connectivity index (χ1) is 11.2. The highest BCUT2D eigenvalue weighted by atomic mass is 16.6. The van der Waals surface area contributed by atoms with E-state index < -0.39 is 16.8 Å². The second kappa shape index (κ2) is 6.98. The molecule has 7 nitrogen and oxygen atoms in total. The maximum atomic E-state index is 12.7. The molecule has 1 N–H and O–H groups in total. The molecule has 1 aliphatic heterocycles. The van der Waals surface area contributed by atoms with E-state index in [1.165, 1.54) is 11.0 Å². The predicted molar refractivity (Wildman–Crippen MR) is 88.0 cm³/mol. The zero-order valence-corrected chi connectivity index (χ0v) is 14.1. The molecule has 2 unspecified atom stereocenters. The summed E-state index contributed by atoms with van der Waals surface area (Å²) in [6.07, 6.45) is 0.533. The molecular formula is C17H22N2O5. The molecule has 0 aromatic heterocycles. The Hall–Kier alpha value is -2.44. The van der Waals surface area contributed by atoms with Crippen LogP contribution in [0, 0.1) is 22.0 Å². The van der Waals surface area contributed by atoms with Gasteiger partial charge in [0.2, 0.25) is 0 Å². The lowest BCUT2D eigenvalue weighted by Crippen LogP contribution is -2.45. The average molecular weight is 334 g/mol. The molecule has 0 spiro atoms. The Morgan fingerprint density at radius 1 is 1.33 bits per heavy atom. The van der Waals surface area contributed by atoms with Crippen molar-refractivity contribution in [2.45, 2.75) is 33.1 Å². The fraction of sp³-hybridized carbons (Fsp3) is 0.529. The number of carbonyl (C=O) groups excluding carboxylic acids is 1. The highest BCUT2D eigenvalue weighted by molar-refractivity contribution is 5.95. The van der Waals surface area contributed by atoms with Crippen LogP contribution in [-0.4, -0.2) is 39.9 Å². The van der Waals surface area contributed by atoms with E-state index in [1.807, 2.05) is 20.8 Å². The molecule has 0 saturated carbocycles. The summed E-state index contributed by atoms with van der Waals surface area (Å²) in [5.74, 6) is -1.82. The van der Waals surface area contributed by atoms with Crippen molar-refractivity contribution in [2.75, 3.05) is 13.1 Å². The number of nitrogens with zero attached hydrogens (tertiary/aromatic N) is 2. The fourth-order valence-electron chi connectivity index (χ4n) is 3.20. The molecule has 1 heterocycles. The van der Waals surface area contributed by atoms with Crippen molar-refractivity contribution < 1.29 is 19.6 Å². The van der Waals surface area contributed by atoms with E-state index in [9.17, 15) is 24.8 Å². The summed E-state index contributed by atoms with van der Waals surface area (Å²) in [6.45, 7) is 6.21. The number of carbonyl (C=O) groups is 2. The maximum absolute atomic E-state index is 12.7. The van der Waals surface area contributed by atoms with Crippen LogP contribution >= 0.6 is 0 Å². The molecule has 130 valence electrons. The Morgan fingerprint density at radius 3 is 2.54 bits per heavy atom. The van der Waals surface area contributed by atoms with Gasteiger partial charge < -0.3 is 10.0 Å². The molecule has 1 amide bonds. The van der Waals surface area contributed by atoms with Gasteiger partial charge in [0.05, 0.1) is 10.8 Å². The third-order valence-electron chi connectivity index (χ3n) is 4.39. The van der Waals surface area contributed by atoms with Crippen molar-refractivity contribution in [3.8, 4) is 0 Å². The molecule has 0 bridgehead atoms. The topological polar surface area (TPSA) is 101 Å². The first-order valence-corrected chi connectivity index (χ1v) is 8.01. The number of aliphatic carboxylic acids is 1. The Bertz CT molecular complexity index is 671. The molecule has 0 radical (unpaired) electrons. The number of hydrogen-bond donors (Lipinski definition) is 1. The van der Waals surface area contributed by atoms with Gasteiger partial charge in [-0.3, -0.25) is 19.7 Å². The molecule has 1 saturated heterocycles. The minimum absolute atomic E-state index is 0.0269. The molecular weight excluding hydrogens is 312 g/mol. The fourth-order valence-corrected chi connectivity index (χ4v) is 3.20. The molecule has 0 aliphatic carbocycles. The molecule has 1 aliphatic rings. The highest BCUT2D eigenvalue weighted by Gasteiger charge is 2.33. The molecule has 2 rings (SSSR count). The summed E-state index contributed by atoms with van der Waals surface area (Å²) in [5, 5.41) is 20.5. The zero-order chi connectivity index (χ0) is 18.0. The summed E-state index contributed by atoms with van der Waals surface area (Å²) >= 11 is 0. The second-order valence-electron chi connectivity index (χ2n) is 6.77. The third kappa shape index (κ3) is 3.72. The van der Waals surface area contributed by atoms with Crippen LogP contribution < -0.4 is 0 Å². The Balaban J connectivity index is 2.30. The second-order valence-corrected chi connectivity index (χ2v) is 6.77. The van der Waals surface area contributed by atoms with Gasteiger partial charge in [-0.25, -0.2) is 0 Å². The largest absolute Gasteiger partial charge is 0.481 e. The van der Waals surface area contributed by atoms with Gasteiger partial charge >= 0.3 is 5.97 Å². The minimum atomic E-state index is -0.916. The third-order valence-corrected chi connectivity index (χ3v) is 4.39. The molecule has 2 atom stereocenters. The van der Waals surface area contributed by atoms with Gasteiger partial charge in [-0.2, -0.15) is 0 Å². The molecule has 1 fully saturated rings. The Kier molecular flexibility index (Phi) is 5.21. The first kappa shape index (κ1) is 17.9. The van der Waals surface area contributed by atoms with Gasteiger partial charge in [0, 0.05) is 30.3 Å². The highest BCUT2D eigenvalue weighted by Crippen LogP contribution is 2.29. The van der Waals surface area contributed by atoms with Crippen LogP contribution in [0.3, 0.4) is 0 Å². The average Bonchev–Trinajstić information content (AvgIpc) is 2.52. The van der Waals surface area contributed by atoms with Crippen LogP contribution in [0.25, 0.3) is 0 Å². The normalized spacial score (nSPS) is 20.9. The van der Waals surface area contributed by atoms with Gasteiger partial charge in [0.1, 0.15) is 0 Å². The summed E-state index contributed by atoms with van der Waals surface area (Å²) in [7, 11) is 0. The van der Waals surface area contributed by atoms with Crippen LogP contribution in [0.4, 0.5) is 5.69 Å². The van der Waals surface area contributed by atoms with E-state index in [-0.39, 0.29) is 35.5 Å². The summed E-state index contributed by atoms with van der Waals surface area (Å²) in [4.78, 5) is 36.2. The van der Waals surface area contributed by atoms with Crippen molar-refractivity contribution in [3.63, 3.8) is 0 Å². The van der Waals surface area contributed by atoms with Crippen LogP contribution in [0.2, 0.25) is 0 Å². The van der Waals surface area contributed by atoms with Crippen LogP contribution in [0.1, 0.15) is 49.0 Å². The number of carboxylic acid groups (broad SMARTS) is 1. The lowest BCUT2D eigenvalue weighted by atomic mass is 9.90. The van der Waals surface area contributed by atoms with Crippen molar-refractivity contribution >= 4 is 17.6 Å². The first-order valence-electron chi connectivity index (χ1n) is 8.01. The van der Waals surface area contributed by atoms with Crippen LogP contribution in [-0.2, 0) is 4.79 Å². The monoisotopic (exact) mass is 334 g/mol. The number of likely N-dealkylation sites (tertiary alicyclic amines) is 1. The lowest BCUT2D eigenvalue weighted by molar-refractivity contribution is -0.385. The maximum Gasteiger partial charge on any atom is 0.308 e. The quantitative estimate of drug-likeness (QED) is 0.674. The van der Waals surface area contributed by atoms with Gasteiger partial charge in [-0.05, 0) is 24.3 Å². The summed E-state index contributed by atoms with van der Waals surface area (Å²) < 4.78 is 0. The summed E-state index contributed by atoms with van der Waals surface area (Å²) in [6, 6.07) is 4.49. The predicted octanol–water partition coefficient (Wildman–Crippen LogP) is 2.90. The van der Waals surface area contributed by atoms with E-state index in [1.54, 1.807) is 12.1 Å².